The van der Waals surface area contributed by atoms with Gasteiger partial charge < -0.3 is 20.1 Å². The number of carbonyl (C=O) groups is 1. The molecule has 0 bridgehead atoms. The van der Waals surface area contributed by atoms with E-state index in [2.05, 4.69) is 15.6 Å². The molecule has 0 aliphatic heterocycles. The van der Waals surface area contributed by atoms with E-state index >= 15 is 0 Å². The molecule has 2 N–H and O–H groups in total. The molecule has 6 nitrogen and oxygen atoms in total. The van der Waals surface area contributed by atoms with Crippen LogP contribution in [0.25, 0.3) is 0 Å². The van der Waals surface area contributed by atoms with E-state index in [4.69, 9.17) is 21.1 Å². The highest BCUT2D eigenvalue weighted by Gasteiger charge is 2.07. The number of hydrogen-bond acceptors (Lipinski definition) is 4. The highest BCUT2D eigenvalue weighted by Crippen LogP contribution is 2.28. The lowest BCUT2D eigenvalue weighted by atomic mass is 10.2. The van der Waals surface area contributed by atoms with Crippen molar-refractivity contribution in [3.8, 4) is 11.5 Å². The minimum Gasteiger partial charge on any atom is -0.492 e. The first-order valence-electron chi connectivity index (χ1n) is 9.17. The van der Waals surface area contributed by atoms with E-state index in [1.54, 1.807) is 24.4 Å². The summed E-state index contributed by atoms with van der Waals surface area (Å²) in [5.41, 5.74) is 2.54. The molecule has 29 heavy (non-hydrogen) atoms. The van der Waals surface area contributed by atoms with Crippen LogP contribution in [-0.4, -0.2) is 24.2 Å². The molecule has 0 saturated carbocycles. The number of nitrogens with one attached hydrogen (secondary N) is 2. The van der Waals surface area contributed by atoms with Crippen molar-refractivity contribution in [2.45, 2.75) is 13.5 Å². The smallest absolute Gasteiger partial charge is 0.319 e. The zero-order chi connectivity index (χ0) is 20.5. The Bertz CT molecular complexity index is 934. The Morgan fingerprint density at radius 2 is 1.90 bits per heavy atom. The van der Waals surface area contributed by atoms with E-state index in [0.717, 1.165) is 11.4 Å². The van der Waals surface area contributed by atoms with Gasteiger partial charge in [0.05, 0.1) is 17.3 Å². The summed E-state index contributed by atoms with van der Waals surface area (Å²) in [6.45, 7) is 3.08. The Morgan fingerprint density at radius 3 is 2.62 bits per heavy atom. The summed E-state index contributed by atoms with van der Waals surface area (Å²) in [4.78, 5) is 16.2. The van der Waals surface area contributed by atoms with E-state index in [1.165, 1.54) is 5.56 Å². The number of rotatable bonds is 8. The fourth-order valence-corrected chi connectivity index (χ4v) is 2.71. The molecule has 0 unspecified atom stereocenters. The zero-order valence-electron chi connectivity index (χ0n) is 16.0. The summed E-state index contributed by atoms with van der Waals surface area (Å²) in [7, 11) is 0. The number of aryl methyl sites for hydroxylation is 1. The molecule has 2 amide bonds. The van der Waals surface area contributed by atoms with Gasteiger partial charge in [-0.3, -0.25) is 4.98 Å². The third kappa shape index (κ3) is 6.69. The summed E-state index contributed by atoms with van der Waals surface area (Å²) in [5, 5.41) is 5.87. The molecule has 0 fully saturated rings. The van der Waals surface area contributed by atoms with Crippen molar-refractivity contribution in [3.05, 3.63) is 83.1 Å². The maximum atomic E-state index is 12.0. The molecule has 3 aromatic rings. The van der Waals surface area contributed by atoms with E-state index in [1.807, 2.05) is 49.4 Å². The third-order valence-corrected chi connectivity index (χ3v) is 4.26. The van der Waals surface area contributed by atoms with Crippen molar-refractivity contribution < 1.29 is 14.3 Å². The van der Waals surface area contributed by atoms with Crippen LogP contribution in [0.2, 0.25) is 5.02 Å². The summed E-state index contributed by atoms with van der Waals surface area (Å²) in [6, 6.07) is 18.1. The largest absolute Gasteiger partial charge is 0.492 e. The lowest BCUT2D eigenvalue weighted by molar-refractivity contribution is 0.247. The fraction of sp³-hybridized carbons (Fsp3) is 0.182. The van der Waals surface area contributed by atoms with Crippen LogP contribution in [0.15, 0.2) is 66.9 Å². The maximum Gasteiger partial charge on any atom is 0.319 e. The number of nitrogens with zero attached hydrogens (tertiary/aromatic N) is 1. The lowest BCUT2D eigenvalue weighted by Gasteiger charge is -2.11. The van der Waals surface area contributed by atoms with Crippen LogP contribution in [0.4, 0.5) is 10.5 Å². The van der Waals surface area contributed by atoms with Gasteiger partial charge in [0.25, 0.3) is 0 Å². The van der Waals surface area contributed by atoms with Crippen LogP contribution in [0.3, 0.4) is 0 Å². The Balaban J connectivity index is 1.41. The van der Waals surface area contributed by atoms with Gasteiger partial charge in [0.15, 0.2) is 0 Å². The SMILES string of the molecule is Cc1ccc(OCCNC(=O)Nc2ccc(OCc3ccccn3)c(Cl)c2)cc1. The molecule has 0 saturated heterocycles. The Morgan fingerprint density at radius 1 is 1.07 bits per heavy atom. The van der Waals surface area contributed by atoms with Crippen molar-refractivity contribution in [3.63, 3.8) is 0 Å². The zero-order valence-corrected chi connectivity index (χ0v) is 16.8. The molecule has 0 spiro atoms. The second-order valence-corrected chi connectivity index (χ2v) is 6.70. The minimum atomic E-state index is -0.337. The monoisotopic (exact) mass is 411 g/mol. The molecule has 7 heteroatoms. The van der Waals surface area contributed by atoms with Gasteiger partial charge in [0.2, 0.25) is 0 Å². The highest BCUT2D eigenvalue weighted by atomic mass is 35.5. The first-order valence-corrected chi connectivity index (χ1v) is 9.54. The normalized spacial score (nSPS) is 10.3. The molecular formula is C22H22ClN3O3. The van der Waals surface area contributed by atoms with Gasteiger partial charge in [-0.25, -0.2) is 4.79 Å². The van der Waals surface area contributed by atoms with Crippen molar-refractivity contribution >= 4 is 23.3 Å². The van der Waals surface area contributed by atoms with Crippen molar-refractivity contribution in [2.24, 2.45) is 0 Å². The first kappa shape index (κ1) is 20.5. The molecule has 150 valence electrons. The van der Waals surface area contributed by atoms with Crippen LogP contribution in [0, 0.1) is 6.92 Å². The van der Waals surface area contributed by atoms with E-state index in [-0.39, 0.29) is 6.03 Å². The van der Waals surface area contributed by atoms with Crippen LogP contribution in [0.5, 0.6) is 11.5 Å². The molecule has 2 aromatic carbocycles. The summed E-state index contributed by atoms with van der Waals surface area (Å²) >= 11 is 6.25. The second-order valence-electron chi connectivity index (χ2n) is 6.30. The Kier molecular flexibility index (Phi) is 7.30. The van der Waals surface area contributed by atoms with Crippen LogP contribution in [-0.2, 0) is 6.61 Å². The number of amides is 2. The number of anilines is 1. The summed E-state index contributed by atoms with van der Waals surface area (Å²) < 4.78 is 11.2. The van der Waals surface area contributed by atoms with Gasteiger partial charge in [-0.1, -0.05) is 35.4 Å². The second kappa shape index (κ2) is 10.3. The number of carbonyl (C=O) groups excluding carboxylic acids is 1. The van der Waals surface area contributed by atoms with Gasteiger partial charge in [-0.2, -0.15) is 0 Å². The van der Waals surface area contributed by atoms with Gasteiger partial charge in [-0.15, -0.1) is 0 Å². The number of halogens is 1. The molecule has 1 aromatic heterocycles. The van der Waals surface area contributed by atoms with E-state index < -0.39 is 0 Å². The number of hydrogen-bond donors (Lipinski definition) is 2. The molecule has 3 rings (SSSR count). The first-order chi connectivity index (χ1) is 14.1. The lowest BCUT2D eigenvalue weighted by Crippen LogP contribution is -2.32. The van der Waals surface area contributed by atoms with Crippen molar-refractivity contribution in [2.75, 3.05) is 18.5 Å². The maximum absolute atomic E-state index is 12.0. The van der Waals surface area contributed by atoms with Gasteiger partial charge in [0, 0.05) is 11.9 Å². The highest BCUT2D eigenvalue weighted by molar-refractivity contribution is 6.32. The Labute approximate surface area is 174 Å². The van der Waals surface area contributed by atoms with Crippen LogP contribution in [0.1, 0.15) is 11.3 Å². The number of ether oxygens (including phenoxy) is 2. The van der Waals surface area contributed by atoms with Crippen LogP contribution < -0.4 is 20.1 Å². The van der Waals surface area contributed by atoms with Gasteiger partial charge >= 0.3 is 6.03 Å². The average molecular weight is 412 g/mol. The van der Waals surface area contributed by atoms with Crippen molar-refractivity contribution in [1.82, 2.24) is 10.3 Å². The van der Waals surface area contributed by atoms with Gasteiger partial charge in [0.1, 0.15) is 24.7 Å². The molecule has 0 atom stereocenters. The third-order valence-electron chi connectivity index (χ3n) is 3.97. The number of urea groups is 1. The molecule has 0 aliphatic carbocycles. The minimum absolute atomic E-state index is 0.314. The standard InChI is InChI=1S/C22H22ClN3O3/c1-16-5-8-19(9-6-16)28-13-12-25-22(27)26-17-7-10-21(20(23)14-17)29-15-18-4-2-3-11-24-18/h2-11,14H,12-13,15H2,1H3,(H2,25,26,27). The van der Waals surface area contributed by atoms with Crippen molar-refractivity contribution in [1.29, 1.82) is 0 Å². The average Bonchev–Trinajstić information content (AvgIpc) is 2.73. The molecule has 1 heterocycles. The summed E-state index contributed by atoms with van der Waals surface area (Å²) in [5.74, 6) is 1.29. The molecular weight excluding hydrogens is 390 g/mol. The van der Waals surface area contributed by atoms with E-state index in [9.17, 15) is 4.79 Å². The molecule has 0 aliphatic rings. The Hall–Kier alpha value is -3.25. The fourth-order valence-electron chi connectivity index (χ4n) is 2.47. The summed E-state index contributed by atoms with van der Waals surface area (Å²) in [6.07, 6.45) is 1.71. The van der Waals surface area contributed by atoms with Crippen LogP contribution >= 0.6 is 11.6 Å². The number of benzene rings is 2. The topological polar surface area (TPSA) is 72.5 Å². The quantitative estimate of drug-likeness (QED) is 0.521. The van der Waals surface area contributed by atoms with E-state index in [0.29, 0.717) is 36.2 Å². The number of aromatic nitrogens is 1. The predicted octanol–water partition coefficient (Wildman–Crippen LogP) is 4.82. The molecule has 0 radical (unpaired) electrons. The predicted molar refractivity (Wildman–Crippen MR) is 114 cm³/mol. The van der Waals surface area contributed by atoms with Gasteiger partial charge in [-0.05, 0) is 49.4 Å². The number of pyridine rings is 1.